The molecule has 89 valence electrons. The van der Waals surface area contributed by atoms with E-state index in [0.29, 0.717) is 6.07 Å². The molecule has 1 aromatic carbocycles. The molecule has 0 aliphatic carbocycles. The number of carbonyl (C=O) groups is 1. The van der Waals surface area contributed by atoms with Crippen LogP contribution in [-0.4, -0.2) is 20.9 Å². The monoisotopic (exact) mass is 319 g/mol. The molecule has 0 aliphatic heterocycles. The van der Waals surface area contributed by atoms with Crippen molar-refractivity contribution in [3.8, 4) is 0 Å². The molecule has 1 radical (unpaired) electrons. The van der Waals surface area contributed by atoms with E-state index in [1.165, 1.54) is 0 Å². The molecule has 16 heavy (non-hydrogen) atoms. The molecule has 1 rings (SSSR count). The number of hydrogen-bond donors (Lipinski definition) is 1. The number of aromatic carboxylic acids is 1. The van der Waals surface area contributed by atoms with Crippen LogP contribution in [0.25, 0.3) is 0 Å². The molecule has 0 saturated heterocycles. The van der Waals surface area contributed by atoms with E-state index in [1.54, 1.807) is 0 Å². The Labute approximate surface area is 104 Å². The van der Waals surface area contributed by atoms with E-state index in [-0.39, 0.29) is 22.4 Å². The Morgan fingerprint density at radius 1 is 1.06 bits per heavy atom. The Morgan fingerprint density at radius 3 is 1.69 bits per heavy atom. The maximum absolute atomic E-state index is 10.5. The standard InChI is InChI=1S/C7H4N2O6.Ag/c10-7(11)4-1-5(8(12)13)3-6(2-4)9(14)15;/h1-3H,(H,10,11);. The molecule has 0 spiro atoms. The smallest absolute Gasteiger partial charge is 0.336 e. The maximum Gasteiger partial charge on any atom is 0.336 e. The van der Waals surface area contributed by atoms with Crippen molar-refractivity contribution in [2.45, 2.75) is 0 Å². The minimum atomic E-state index is -1.46. The summed E-state index contributed by atoms with van der Waals surface area (Å²) >= 11 is 0. The predicted octanol–water partition coefficient (Wildman–Crippen LogP) is 1.20. The molecule has 0 bridgehead atoms. The van der Waals surface area contributed by atoms with Crippen molar-refractivity contribution >= 4 is 17.3 Å². The third kappa shape index (κ3) is 3.12. The fraction of sp³-hybridized carbons (Fsp3) is 0. The van der Waals surface area contributed by atoms with Crippen LogP contribution in [0.3, 0.4) is 0 Å². The molecule has 8 nitrogen and oxygen atoms in total. The molecular weight excluding hydrogens is 316 g/mol. The number of nitro groups is 2. The average molecular weight is 320 g/mol. The molecule has 1 N–H and O–H groups in total. The van der Waals surface area contributed by atoms with Gasteiger partial charge < -0.3 is 5.11 Å². The van der Waals surface area contributed by atoms with Crippen LogP contribution in [0.4, 0.5) is 11.4 Å². The number of nitro benzene ring substituents is 2. The third-order valence-electron chi connectivity index (χ3n) is 1.57. The van der Waals surface area contributed by atoms with E-state index < -0.39 is 32.8 Å². The van der Waals surface area contributed by atoms with E-state index in [4.69, 9.17) is 5.11 Å². The summed E-state index contributed by atoms with van der Waals surface area (Å²) in [6.07, 6.45) is 0. The van der Waals surface area contributed by atoms with E-state index >= 15 is 0 Å². The number of non-ortho nitro benzene ring substituents is 2. The minimum Gasteiger partial charge on any atom is -0.478 e. The van der Waals surface area contributed by atoms with Gasteiger partial charge in [-0.05, 0) is 0 Å². The molecule has 0 aliphatic rings. The fourth-order valence-corrected chi connectivity index (χ4v) is 0.929. The number of hydrogen-bond acceptors (Lipinski definition) is 5. The Kier molecular flexibility index (Phi) is 4.76. The number of nitrogens with zero attached hydrogens (tertiary/aromatic N) is 2. The van der Waals surface area contributed by atoms with Crippen molar-refractivity contribution in [2.24, 2.45) is 0 Å². The van der Waals surface area contributed by atoms with Gasteiger partial charge in [0.25, 0.3) is 11.4 Å². The summed E-state index contributed by atoms with van der Waals surface area (Å²) in [5.74, 6) is -1.46. The van der Waals surface area contributed by atoms with E-state index in [1.807, 2.05) is 0 Å². The Balaban J connectivity index is 0.00000225. The summed E-state index contributed by atoms with van der Waals surface area (Å²) < 4.78 is 0. The van der Waals surface area contributed by atoms with Gasteiger partial charge in [-0.15, -0.1) is 0 Å². The first-order chi connectivity index (χ1) is 6.91. The van der Waals surface area contributed by atoms with Gasteiger partial charge in [-0.25, -0.2) is 4.79 Å². The second-order valence-electron chi connectivity index (χ2n) is 2.56. The van der Waals surface area contributed by atoms with Crippen LogP contribution in [0, 0.1) is 20.2 Å². The zero-order valence-electron chi connectivity index (χ0n) is 7.42. The van der Waals surface area contributed by atoms with Gasteiger partial charge in [0.05, 0.1) is 21.5 Å². The number of carboxylic acids is 1. The van der Waals surface area contributed by atoms with Gasteiger partial charge in [0.15, 0.2) is 0 Å². The summed E-state index contributed by atoms with van der Waals surface area (Å²) in [7, 11) is 0. The van der Waals surface area contributed by atoms with Crippen LogP contribution in [-0.2, 0) is 22.4 Å². The largest absolute Gasteiger partial charge is 0.478 e. The summed E-state index contributed by atoms with van der Waals surface area (Å²) in [4.78, 5) is 29.4. The molecule has 0 heterocycles. The van der Waals surface area contributed by atoms with Gasteiger partial charge in [-0.2, -0.15) is 0 Å². The zero-order chi connectivity index (χ0) is 11.6. The van der Waals surface area contributed by atoms with Gasteiger partial charge >= 0.3 is 5.97 Å². The Hall–Kier alpha value is -1.77. The summed E-state index contributed by atoms with van der Waals surface area (Å²) in [5, 5.41) is 29.2. The summed E-state index contributed by atoms with van der Waals surface area (Å²) in [6, 6.07) is 2.22. The van der Waals surface area contributed by atoms with Crippen LogP contribution >= 0.6 is 0 Å². The molecule has 0 saturated carbocycles. The van der Waals surface area contributed by atoms with E-state index in [9.17, 15) is 25.0 Å². The first kappa shape index (κ1) is 14.2. The van der Waals surface area contributed by atoms with Crippen molar-refractivity contribution in [2.75, 3.05) is 0 Å². The normalized spacial score (nSPS) is 9.00. The second-order valence-corrected chi connectivity index (χ2v) is 2.56. The third-order valence-corrected chi connectivity index (χ3v) is 1.57. The molecule has 1 aromatic rings. The van der Waals surface area contributed by atoms with Crippen LogP contribution in [0.15, 0.2) is 18.2 Å². The van der Waals surface area contributed by atoms with Gasteiger partial charge in [0.2, 0.25) is 0 Å². The Bertz CT molecular complexity index is 381. The van der Waals surface area contributed by atoms with Crippen LogP contribution in [0.5, 0.6) is 0 Å². The molecule has 0 fully saturated rings. The topological polar surface area (TPSA) is 124 Å². The van der Waals surface area contributed by atoms with Crippen molar-refractivity contribution in [3.05, 3.63) is 44.0 Å². The van der Waals surface area contributed by atoms with Crippen LogP contribution in [0.1, 0.15) is 10.4 Å². The number of rotatable bonds is 3. The fourth-order valence-electron chi connectivity index (χ4n) is 0.929. The van der Waals surface area contributed by atoms with Gasteiger partial charge in [-0.1, -0.05) is 0 Å². The molecule has 0 atom stereocenters. The Morgan fingerprint density at radius 2 is 1.44 bits per heavy atom. The zero-order valence-corrected chi connectivity index (χ0v) is 8.90. The minimum absolute atomic E-state index is 0. The summed E-state index contributed by atoms with van der Waals surface area (Å²) in [6.45, 7) is 0. The second kappa shape index (κ2) is 5.35. The molecule has 0 amide bonds. The van der Waals surface area contributed by atoms with Crippen molar-refractivity contribution in [3.63, 3.8) is 0 Å². The van der Waals surface area contributed by atoms with Gasteiger partial charge in [-0.3, -0.25) is 20.2 Å². The first-order valence-electron chi connectivity index (χ1n) is 3.59. The quantitative estimate of drug-likeness (QED) is 0.507. The number of benzene rings is 1. The molecular formula is C7H4AgN2O6. The number of carboxylic acid groups (broad SMARTS) is 1. The van der Waals surface area contributed by atoms with Crippen molar-refractivity contribution < 1.29 is 42.1 Å². The van der Waals surface area contributed by atoms with Gasteiger partial charge in [0, 0.05) is 34.5 Å². The van der Waals surface area contributed by atoms with Crippen LogP contribution in [0.2, 0.25) is 0 Å². The van der Waals surface area contributed by atoms with Crippen LogP contribution < -0.4 is 0 Å². The van der Waals surface area contributed by atoms with Crippen molar-refractivity contribution in [1.82, 2.24) is 0 Å². The van der Waals surface area contributed by atoms with E-state index in [2.05, 4.69) is 0 Å². The molecule has 0 aromatic heterocycles. The SMILES string of the molecule is O=C(O)c1cc([N+](=O)[O-])cc([N+](=O)[O-])c1.[Ag]. The maximum atomic E-state index is 10.5. The van der Waals surface area contributed by atoms with Gasteiger partial charge in [0.1, 0.15) is 0 Å². The average Bonchev–Trinajstić information content (AvgIpc) is 2.16. The van der Waals surface area contributed by atoms with Crippen molar-refractivity contribution in [1.29, 1.82) is 0 Å². The molecule has 9 heteroatoms. The summed E-state index contributed by atoms with van der Waals surface area (Å²) in [5.41, 5.74) is -1.74. The predicted molar refractivity (Wildman–Crippen MR) is 46.7 cm³/mol. The first-order valence-corrected chi connectivity index (χ1v) is 3.59. The molecule has 0 unspecified atom stereocenters. The van der Waals surface area contributed by atoms with E-state index in [0.717, 1.165) is 12.1 Å².